The van der Waals surface area contributed by atoms with Crippen LogP contribution in [0.3, 0.4) is 0 Å². The van der Waals surface area contributed by atoms with E-state index in [4.69, 9.17) is 4.74 Å². The van der Waals surface area contributed by atoms with E-state index in [0.717, 1.165) is 28.6 Å². The zero-order valence-electron chi connectivity index (χ0n) is 10.7. The molecular weight excluding hydrogens is 226 g/mol. The standard InChI is InChI=1S/C15H17NO2/c1-9-14(12-5-3-4-6-13(12)16-9)15(17)11-7-8-18-10(11)2/h3-6,10-11,16H,7-8H2,1-2H3. The Balaban J connectivity index is 2.08. The molecule has 3 rings (SSSR count). The molecule has 94 valence electrons. The zero-order valence-corrected chi connectivity index (χ0v) is 10.7. The number of carbonyl (C=O) groups excluding carboxylic acids is 1. The highest BCUT2D eigenvalue weighted by Crippen LogP contribution is 2.30. The molecule has 1 aromatic heterocycles. The minimum Gasteiger partial charge on any atom is -0.378 e. The van der Waals surface area contributed by atoms with Gasteiger partial charge in [0.1, 0.15) is 0 Å². The number of ether oxygens (including phenoxy) is 1. The molecule has 3 heteroatoms. The number of aromatic nitrogens is 1. The van der Waals surface area contributed by atoms with Crippen molar-refractivity contribution in [2.75, 3.05) is 6.61 Å². The summed E-state index contributed by atoms with van der Waals surface area (Å²) in [6.45, 7) is 4.65. The number of hydrogen-bond acceptors (Lipinski definition) is 2. The van der Waals surface area contributed by atoms with Gasteiger partial charge in [0.05, 0.1) is 12.0 Å². The van der Waals surface area contributed by atoms with Crippen molar-refractivity contribution >= 4 is 16.7 Å². The highest BCUT2D eigenvalue weighted by atomic mass is 16.5. The number of carbonyl (C=O) groups is 1. The Morgan fingerprint density at radius 1 is 1.39 bits per heavy atom. The maximum absolute atomic E-state index is 12.7. The van der Waals surface area contributed by atoms with Crippen LogP contribution in [0.2, 0.25) is 0 Å². The predicted octanol–water partition coefficient (Wildman–Crippen LogP) is 3.08. The SMILES string of the molecule is Cc1[nH]c2ccccc2c1C(=O)C1CCOC1C. The summed E-state index contributed by atoms with van der Waals surface area (Å²) in [5.41, 5.74) is 2.83. The summed E-state index contributed by atoms with van der Waals surface area (Å²) in [6.07, 6.45) is 0.865. The van der Waals surface area contributed by atoms with Crippen molar-refractivity contribution in [1.29, 1.82) is 0 Å². The lowest BCUT2D eigenvalue weighted by Gasteiger charge is -2.12. The van der Waals surface area contributed by atoms with Crippen LogP contribution in [0.5, 0.6) is 0 Å². The number of rotatable bonds is 2. The number of H-pyrrole nitrogens is 1. The fraction of sp³-hybridized carbons (Fsp3) is 0.400. The zero-order chi connectivity index (χ0) is 12.7. The number of para-hydroxylation sites is 1. The highest BCUT2D eigenvalue weighted by molar-refractivity contribution is 6.10. The summed E-state index contributed by atoms with van der Waals surface area (Å²) < 4.78 is 5.51. The number of hydrogen-bond donors (Lipinski definition) is 1. The molecule has 0 saturated carbocycles. The van der Waals surface area contributed by atoms with Crippen molar-refractivity contribution in [2.24, 2.45) is 5.92 Å². The Morgan fingerprint density at radius 3 is 2.89 bits per heavy atom. The summed E-state index contributed by atoms with van der Waals surface area (Å²) in [4.78, 5) is 15.9. The van der Waals surface area contributed by atoms with Gasteiger partial charge in [-0.15, -0.1) is 0 Å². The van der Waals surface area contributed by atoms with E-state index in [0.29, 0.717) is 6.61 Å². The molecule has 0 aliphatic carbocycles. The second kappa shape index (κ2) is 4.25. The molecule has 1 aliphatic heterocycles. The quantitative estimate of drug-likeness (QED) is 0.823. The third kappa shape index (κ3) is 1.66. The van der Waals surface area contributed by atoms with Gasteiger partial charge in [0.25, 0.3) is 0 Å². The van der Waals surface area contributed by atoms with Crippen LogP contribution >= 0.6 is 0 Å². The highest BCUT2D eigenvalue weighted by Gasteiger charge is 2.33. The Kier molecular flexibility index (Phi) is 2.71. The van der Waals surface area contributed by atoms with E-state index < -0.39 is 0 Å². The van der Waals surface area contributed by atoms with Crippen molar-refractivity contribution in [3.8, 4) is 0 Å². The first-order valence-electron chi connectivity index (χ1n) is 6.41. The van der Waals surface area contributed by atoms with Gasteiger partial charge in [0.15, 0.2) is 5.78 Å². The summed E-state index contributed by atoms with van der Waals surface area (Å²) >= 11 is 0. The summed E-state index contributed by atoms with van der Waals surface area (Å²) in [5, 5.41) is 1.03. The number of ketones is 1. The second-order valence-corrected chi connectivity index (χ2v) is 5.01. The molecule has 2 heterocycles. The van der Waals surface area contributed by atoms with Gasteiger partial charge < -0.3 is 9.72 Å². The van der Waals surface area contributed by atoms with Gasteiger partial charge >= 0.3 is 0 Å². The molecule has 2 atom stereocenters. The first-order chi connectivity index (χ1) is 8.68. The molecule has 2 unspecified atom stereocenters. The minimum absolute atomic E-state index is 0.00269. The average Bonchev–Trinajstić information content (AvgIpc) is 2.91. The fourth-order valence-corrected chi connectivity index (χ4v) is 2.86. The van der Waals surface area contributed by atoms with E-state index in [1.807, 2.05) is 38.1 Å². The van der Waals surface area contributed by atoms with Crippen molar-refractivity contribution in [1.82, 2.24) is 4.98 Å². The first kappa shape index (κ1) is 11.5. The molecule has 0 amide bonds. The van der Waals surface area contributed by atoms with E-state index in [-0.39, 0.29) is 17.8 Å². The molecule has 18 heavy (non-hydrogen) atoms. The summed E-state index contributed by atoms with van der Waals surface area (Å²) in [5.74, 6) is 0.220. The topological polar surface area (TPSA) is 42.1 Å². The normalized spacial score (nSPS) is 23.7. The van der Waals surface area contributed by atoms with Crippen LogP contribution in [-0.2, 0) is 4.74 Å². The number of aromatic amines is 1. The second-order valence-electron chi connectivity index (χ2n) is 5.01. The molecule has 0 radical (unpaired) electrons. The third-order valence-corrected chi connectivity index (χ3v) is 3.85. The fourth-order valence-electron chi connectivity index (χ4n) is 2.86. The predicted molar refractivity (Wildman–Crippen MR) is 70.9 cm³/mol. The van der Waals surface area contributed by atoms with Crippen molar-refractivity contribution in [3.63, 3.8) is 0 Å². The molecule has 1 saturated heterocycles. The van der Waals surface area contributed by atoms with Crippen LogP contribution in [0.1, 0.15) is 29.4 Å². The summed E-state index contributed by atoms with van der Waals surface area (Å²) in [7, 11) is 0. The maximum Gasteiger partial charge on any atom is 0.171 e. The lowest BCUT2D eigenvalue weighted by Crippen LogP contribution is -2.22. The molecule has 1 fully saturated rings. The van der Waals surface area contributed by atoms with Crippen molar-refractivity contribution < 1.29 is 9.53 Å². The number of fused-ring (bicyclic) bond motifs is 1. The number of benzene rings is 1. The van der Waals surface area contributed by atoms with E-state index in [2.05, 4.69) is 4.98 Å². The Labute approximate surface area is 106 Å². The molecule has 3 nitrogen and oxygen atoms in total. The Bertz CT molecular complexity index is 600. The number of nitrogens with one attached hydrogen (secondary N) is 1. The molecule has 0 bridgehead atoms. The van der Waals surface area contributed by atoms with Crippen molar-refractivity contribution in [2.45, 2.75) is 26.4 Å². The molecule has 2 aromatic rings. The van der Waals surface area contributed by atoms with Gasteiger partial charge in [-0.1, -0.05) is 18.2 Å². The Morgan fingerprint density at radius 2 is 2.17 bits per heavy atom. The van der Waals surface area contributed by atoms with Crippen LogP contribution in [0.15, 0.2) is 24.3 Å². The van der Waals surface area contributed by atoms with Gasteiger partial charge in [0, 0.05) is 28.8 Å². The average molecular weight is 243 g/mol. The lowest BCUT2D eigenvalue weighted by molar-refractivity contribution is 0.0765. The molecule has 1 aromatic carbocycles. The van der Waals surface area contributed by atoms with Gasteiger partial charge in [-0.25, -0.2) is 0 Å². The summed E-state index contributed by atoms with van der Waals surface area (Å²) in [6, 6.07) is 7.97. The Hall–Kier alpha value is -1.61. The van der Waals surface area contributed by atoms with Gasteiger partial charge in [-0.3, -0.25) is 4.79 Å². The molecule has 1 N–H and O–H groups in total. The largest absolute Gasteiger partial charge is 0.378 e. The van der Waals surface area contributed by atoms with E-state index >= 15 is 0 Å². The van der Waals surface area contributed by atoms with Crippen LogP contribution in [0.4, 0.5) is 0 Å². The smallest absolute Gasteiger partial charge is 0.171 e. The van der Waals surface area contributed by atoms with E-state index in [1.165, 1.54) is 0 Å². The van der Waals surface area contributed by atoms with Gasteiger partial charge in [0.2, 0.25) is 0 Å². The monoisotopic (exact) mass is 243 g/mol. The lowest BCUT2D eigenvalue weighted by atomic mass is 9.91. The number of Topliss-reactive ketones (excluding diaryl/α,β-unsaturated/α-hetero) is 1. The van der Waals surface area contributed by atoms with Gasteiger partial charge in [-0.05, 0) is 26.3 Å². The van der Waals surface area contributed by atoms with E-state index in [9.17, 15) is 4.79 Å². The molecule has 1 aliphatic rings. The van der Waals surface area contributed by atoms with Crippen LogP contribution < -0.4 is 0 Å². The number of aryl methyl sites for hydroxylation is 1. The molecular formula is C15H17NO2. The third-order valence-electron chi connectivity index (χ3n) is 3.85. The van der Waals surface area contributed by atoms with Crippen LogP contribution in [0.25, 0.3) is 10.9 Å². The molecule has 0 spiro atoms. The minimum atomic E-state index is 0.00269. The van der Waals surface area contributed by atoms with E-state index in [1.54, 1.807) is 0 Å². The van der Waals surface area contributed by atoms with Gasteiger partial charge in [-0.2, -0.15) is 0 Å². The van der Waals surface area contributed by atoms with Crippen LogP contribution in [0, 0.1) is 12.8 Å². The maximum atomic E-state index is 12.7. The van der Waals surface area contributed by atoms with Crippen molar-refractivity contribution in [3.05, 3.63) is 35.5 Å². The van der Waals surface area contributed by atoms with Crippen LogP contribution in [-0.4, -0.2) is 23.5 Å². The first-order valence-corrected chi connectivity index (χ1v) is 6.41.